The van der Waals surface area contributed by atoms with Crippen molar-refractivity contribution < 1.29 is 4.39 Å². The molecule has 0 bridgehead atoms. The number of H-pyrrole nitrogens is 1. The van der Waals surface area contributed by atoms with Crippen molar-refractivity contribution in [3.63, 3.8) is 0 Å². The number of aromatic nitrogens is 2. The summed E-state index contributed by atoms with van der Waals surface area (Å²) in [6.45, 7) is 0. The Labute approximate surface area is 83.7 Å². The molecule has 68 valence electrons. The quantitative estimate of drug-likeness (QED) is 0.733. The molecule has 1 N–H and O–H groups in total. The van der Waals surface area contributed by atoms with Crippen LogP contribution in [-0.2, 0) is 5.88 Å². The van der Waals surface area contributed by atoms with Crippen LogP contribution in [-0.4, -0.2) is 9.97 Å². The van der Waals surface area contributed by atoms with E-state index in [2.05, 4.69) is 9.97 Å². The maximum absolute atomic E-state index is 13.1. The van der Waals surface area contributed by atoms with Gasteiger partial charge in [0.1, 0.15) is 22.7 Å². The molecular formula is C8H5Cl2FN2. The third kappa shape index (κ3) is 1.38. The molecule has 0 amide bonds. The predicted molar refractivity (Wildman–Crippen MR) is 50.6 cm³/mol. The molecule has 0 fully saturated rings. The fourth-order valence-corrected chi connectivity index (χ4v) is 1.47. The van der Waals surface area contributed by atoms with Crippen LogP contribution in [0.25, 0.3) is 11.0 Å². The molecule has 0 radical (unpaired) electrons. The summed E-state index contributed by atoms with van der Waals surface area (Å²) in [5.41, 5.74) is 0.737. The molecule has 0 aliphatic rings. The number of imidazole rings is 1. The SMILES string of the molecule is Fc1ccc(Cl)c2nc(CCl)[nH]c12. The van der Waals surface area contributed by atoms with Gasteiger partial charge in [0.15, 0.2) is 0 Å². The van der Waals surface area contributed by atoms with Gasteiger partial charge in [0, 0.05) is 0 Å². The number of aromatic amines is 1. The molecule has 2 rings (SSSR count). The molecule has 2 nitrogen and oxygen atoms in total. The predicted octanol–water partition coefficient (Wildman–Crippen LogP) is 3.09. The van der Waals surface area contributed by atoms with Crippen LogP contribution in [0.2, 0.25) is 5.02 Å². The number of alkyl halides is 1. The second-order valence-corrected chi connectivity index (χ2v) is 3.24. The lowest BCUT2D eigenvalue weighted by Gasteiger charge is -1.92. The van der Waals surface area contributed by atoms with E-state index in [0.717, 1.165) is 0 Å². The van der Waals surface area contributed by atoms with Crippen LogP contribution < -0.4 is 0 Å². The van der Waals surface area contributed by atoms with Gasteiger partial charge in [0.2, 0.25) is 0 Å². The summed E-state index contributed by atoms with van der Waals surface area (Å²) in [6.07, 6.45) is 0. The number of hydrogen-bond donors (Lipinski definition) is 1. The van der Waals surface area contributed by atoms with Crippen molar-refractivity contribution in [3.8, 4) is 0 Å². The Morgan fingerprint density at radius 1 is 1.46 bits per heavy atom. The second kappa shape index (κ2) is 3.16. The second-order valence-electron chi connectivity index (χ2n) is 2.57. The lowest BCUT2D eigenvalue weighted by atomic mass is 10.3. The molecule has 0 saturated carbocycles. The molecule has 1 aromatic carbocycles. The zero-order chi connectivity index (χ0) is 9.42. The first-order chi connectivity index (χ1) is 6.22. The molecule has 0 aliphatic heterocycles. The minimum absolute atomic E-state index is 0.213. The first-order valence-electron chi connectivity index (χ1n) is 3.61. The Balaban J connectivity index is 2.80. The summed E-state index contributed by atoms with van der Waals surface area (Å²) in [4.78, 5) is 6.78. The van der Waals surface area contributed by atoms with Gasteiger partial charge in [-0.2, -0.15) is 0 Å². The van der Waals surface area contributed by atoms with E-state index in [9.17, 15) is 4.39 Å². The van der Waals surface area contributed by atoms with E-state index in [1.54, 1.807) is 0 Å². The Morgan fingerprint density at radius 2 is 2.23 bits per heavy atom. The highest BCUT2D eigenvalue weighted by Crippen LogP contribution is 2.23. The highest BCUT2D eigenvalue weighted by molar-refractivity contribution is 6.34. The number of halogens is 3. The molecule has 0 aliphatic carbocycles. The molecule has 2 aromatic rings. The Hall–Kier alpha value is -0.800. The van der Waals surface area contributed by atoms with Gasteiger partial charge < -0.3 is 4.98 Å². The van der Waals surface area contributed by atoms with Crippen molar-refractivity contribution in [1.29, 1.82) is 0 Å². The number of nitrogens with one attached hydrogen (secondary N) is 1. The zero-order valence-electron chi connectivity index (χ0n) is 6.44. The number of rotatable bonds is 1. The van der Waals surface area contributed by atoms with Crippen molar-refractivity contribution in [2.45, 2.75) is 5.88 Å². The van der Waals surface area contributed by atoms with Crippen LogP contribution in [0, 0.1) is 5.82 Å². The zero-order valence-corrected chi connectivity index (χ0v) is 7.95. The molecule has 0 saturated heterocycles. The fraction of sp³-hybridized carbons (Fsp3) is 0.125. The largest absolute Gasteiger partial charge is 0.339 e. The van der Waals surface area contributed by atoms with Crippen LogP contribution in [0.4, 0.5) is 4.39 Å². The maximum Gasteiger partial charge on any atom is 0.149 e. The molecule has 0 unspecified atom stereocenters. The van der Waals surface area contributed by atoms with E-state index in [4.69, 9.17) is 23.2 Å². The van der Waals surface area contributed by atoms with E-state index in [1.807, 2.05) is 0 Å². The van der Waals surface area contributed by atoms with Crippen LogP contribution in [0.5, 0.6) is 0 Å². The number of hydrogen-bond acceptors (Lipinski definition) is 1. The highest BCUT2D eigenvalue weighted by Gasteiger charge is 2.09. The van der Waals surface area contributed by atoms with Gasteiger partial charge in [-0.1, -0.05) is 11.6 Å². The summed E-state index contributed by atoms with van der Waals surface area (Å²) in [5, 5.41) is 0.420. The topological polar surface area (TPSA) is 28.7 Å². The Kier molecular flexibility index (Phi) is 2.14. The van der Waals surface area contributed by atoms with Crippen LogP contribution in [0.3, 0.4) is 0 Å². The van der Waals surface area contributed by atoms with Gasteiger partial charge in [0.25, 0.3) is 0 Å². The Bertz CT molecular complexity index is 414. The first kappa shape index (κ1) is 8.78. The third-order valence-corrected chi connectivity index (χ3v) is 2.28. The fourth-order valence-electron chi connectivity index (χ4n) is 1.14. The average Bonchev–Trinajstić information content (AvgIpc) is 2.56. The minimum atomic E-state index is -0.372. The standard InChI is InChI=1S/C8H5Cl2FN2/c9-3-6-12-7-4(10)1-2-5(11)8(7)13-6/h1-2H,3H2,(H,12,13). The number of benzene rings is 1. The van der Waals surface area contributed by atoms with Gasteiger partial charge in [-0.05, 0) is 12.1 Å². The molecule has 13 heavy (non-hydrogen) atoms. The maximum atomic E-state index is 13.1. The average molecular weight is 219 g/mol. The first-order valence-corrected chi connectivity index (χ1v) is 4.52. The molecule has 0 spiro atoms. The third-order valence-electron chi connectivity index (χ3n) is 1.72. The van der Waals surface area contributed by atoms with E-state index < -0.39 is 0 Å². The normalized spacial score (nSPS) is 11.0. The summed E-state index contributed by atoms with van der Waals surface area (Å²) in [6, 6.07) is 2.76. The lowest BCUT2D eigenvalue weighted by molar-refractivity contribution is 0.637. The molecule has 1 aromatic heterocycles. The Morgan fingerprint density at radius 3 is 2.85 bits per heavy atom. The number of fused-ring (bicyclic) bond motifs is 1. The molecular weight excluding hydrogens is 214 g/mol. The van der Waals surface area contributed by atoms with E-state index in [1.165, 1.54) is 12.1 Å². The van der Waals surface area contributed by atoms with Gasteiger partial charge in [-0.25, -0.2) is 9.37 Å². The lowest BCUT2D eigenvalue weighted by Crippen LogP contribution is -1.78. The van der Waals surface area contributed by atoms with Gasteiger partial charge in [-0.3, -0.25) is 0 Å². The van der Waals surface area contributed by atoms with Crippen molar-refractivity contribution >= 4 is 34.2 Å². The van der Waals surface area contributed by atoms with Gasteiger partial charge >= 0.3 is 0 Å². The van der Waals surface area contributed by atoms with Crippen molar-refractivity contribution in [3.05, 3.63) is 28.8 Å². The van der Waals surface area contributed by atoms with Gasteiger partial charge in [0.05, 0.1) is 10.9 Å². The monoisotopic (exact) mass is 218 g/mol. The van der Waals surface area contributed by atoms with Crippen molar-refractivity contribution in [1.82, 2.24) is 9.97 Å². The van der Waals surface area contributed by atoms with Crippen LogP contribution in [0.15, 0.2) is 12.1 Å². The smallest absolute Gasteiger partial charge is 0.149 e. The highest BCUT2D eigenvalue weighted by atomic mass is 35.5. The summed E-state index contributed by atoms with van der Waals surface area (Å²) >= 11 is 11.4. The van der Waals surface area contributed by atoms with Crippen LogP contribution >= 0.6 is 23.2 Å². The minimum Gasteiger partial charge on any atom is -0.339 e. The summed E-state index contributed by atoms with van der Waals surface area (Å²) < 4.78 is 13.1. The molecule has 0 atom stereocenters. The van der Waals surface area contributed by atoms with E-state index >= 15 is 0 Å². The van der Waals surface area contributed by atoms with Crippen molar-refractivity contribution in [2.75, 3.05) is 0 Å². The molecule has 1 heterocycles. The van der Waals surface area contributed by atoms with Crippen molar-refractivity contribution in [2.24, 2.45) is 0 Å². The van der Waals surface area contributed by atoms with E-state index in [0.29, 0.717) is 21.9 Å². The van der Waals surface area contributed by atoms with Crippen LogP contribution in [0.1, 0.15) is 5.82 Å². The molecule has 5 heteroatoms. The van der Waals surface area contributed by atoms with E-state index in [-0.39, 0.29) is 11.7 Å². The summed E-state index contributed by atoms with van der Waals surface area (Å²) in [7, 11) is 0. The van der Waals surface area contributed by atoms with Gasteiger partial charge in [-0.15, -0.1) is 11.6 Å². The summed E-state index contributed by atoms with van der Waals surface area (Å²) in [5.74, 6) is 0.358. The number of nitrogens with zero attached hydrogens (tertiary/aromatic N) is 1.